The van der Waals surface area contributed by atoms with E-state index in [0.29, 0.717) is 6.54 Å². The first-order chi connectivity index (χ1) is 12.7. The number of aliphatic imine (C=N–C) groups is 1. The molecule has 1 saturated heterocycles. The number of ether oxygens (including phenoxy) is 1. The lowest BCUT2D eigenvalue weighted by Crippen LogP contribution is -2.54. The van der Waals surface area contributed by atoms with Crippen LogP contribution >= 0.6 is 23.4 Å². The van der Waals surface area contributed by atoms with E-state index >= 15 is 0 Å². The van der Waals surface area contributed by atoms with Gasteiger partial charge in [0.1, 0.15) is 17.3 Å². The lowest BCUT2D eigenvalue weighted by molar-refractivity contribution is 0.416. The van der Waals surface area contributed by atoms with E-state index in [9.17, 15) is 0 Å². The van der Waals surface area contributed by atoms with Crippen LogP contribution in [0.2, 0.25) is 5.02 Å². The first kappa shape index (κ1) is 17.6. The molecule has 2 aliphatic rings. The molecule has 0 aromatic heterocycles. The van der Waals surface area contributed by atoms with Crippen LogP contribution < -0.4 is 15.4 Å². The summed E-state index contributed by atoms with van der Waals surface area (Å²) in [6.07, 6.45) is 2.10. The second-order valence-corrected chi connectivity index (χ2v) is 8.28. The molecule has 4 rings (SSSR count). The summed E-state index contributed by atoms with van der Waals surface area (Å²) in [5.41, 5.74) is 3.02. The molecule has 0 unspecified atom stereocenters. The second kappa shape index (κ2) is 7.41. The number of rotatable bonds is 3. The van der Waals surface area contributed by atoms with Gasteiger partial charge >= 0.3 is 0 Å². The largest absolute Gasteiger partial charge is 0.494 e. The molecular formula is C20H22ClN3OS. The number of benzene rings is 2. The molecule has 0 aliphatic carbocycles. The standard InChI is InChI=1S/C20H22ClN3OS/c1-25-17-7-3-6-16-18(17)23-19(20(24-16)8-10-26-11-9-20)22-13-14-4-2-5-15(21)12-14/h2-7,12,24H,8-11,13H2,1H3,(H,22,23). The molecule has 0 atom stereocenters. The highest BCUT2D eigenvalue weighted by Gasteiger charge is 2.41. The fraction of sp³-hybridized carbons (Fsp3) is 0.350. The zero-order valence-electron chi connectivity index (χ0n) is 14.7. The third-order valence-electron chi connectivity index (χ3n) is 4.97. The van der Waals surface area contributed by atoms with E-state index in [1.165, 1.54) is 0 Å². The zero-order valence-corrected chi connectivity index (χ0v) is 16.3. The number of fused-ring (bicyclic) bond motifs is 1. The maximum atomic E-state index is 6.12. The van der Waals surface area contributed by atoms with Gasteiger partial charge in [0.05, 0.1) is 24.9 Å². The summed E-state index contributed by atoms with van der Waals surface area (Å²) in [7, 11) is 1.70. The van der Waals surface area contributed by atoms with Gasteiger partial charge in [0.15, 0.2) is 0 Å². The van der Waals surface area contributed by atoms with Gasteiger partial charge in [-0.3, -0.25) is 4.99 Å². The van der Waals surface area contributed by atoms with E-state index in [0.717, 1.165) is 57.9 Å². The smallest absolute Gasteiger partial charge is 0.144 e. The van der Waals surface area contributed by atoms with E-state index < -0.39 is 0 Å². The molecule has 136 valence electrons. The Balaban J connectivity index is 1.70. The van der Waals surface area contributed by atoms with Crippen molar-refractivity contribution in [3.63, 3.8) is 0 Å². The molecule has 4 nitrogen and oxygen atoms in total. The van der Waals surface area contributed by atoms with E-state index in [4.69, 9.17) is 21.3 Å². The van der Waals surface area contributed by atoms with Gasteiger partial charge in [0.2, 0.25) is 0 Å². The molecular weight excluding hydrogens is 366 g/mol. The summed E-state index contributed by atoms with van der Waals surface area (Å²) < 4.78 is 5.54. The monoisotopic (exact) mass is 387 g/mol. The Morgan fingerprint density at radius 3 is 2.77 bits per heavy atom. The molecule has 2 N–H and O–H groups in total. The first-order valence-corrected chi connectivity index (χ1v) is 10.3. The summed E-state index contributed by atoms with van der Waals surface area (Å²) in [6.45, 7) is 0.601. The summed E-state index contributed by atoms with van der Waals surface area (Å²) in [5, 5.41) is 8.10. The Morgan fingerprint density at radius 1 is 1.19 bits per heavy atom. The fourth-order valence-corrected chi connectivity index (χ4v) is 4.97. The van der Waals surface area contributed by atoms with Gasteiger partial charge in [-0.1, -0.05) is 29.8 Å². The topological polar surface area (TPSA) is 45.6 Å². The SMILES string of the molecule is COc1cccc2c1NC(=NCc1cccc(Cl)c1)C1(CCSCC1)N2. The highest BCUT2D eigenvalue weighted by molar-refractivity contribution is 7.99. The van der Waals surface area contributed by atoms with E-state index in [2.05, 4.69) is 22.8 Å². The van der Waals surface area contributed by atoms with Crippen molar-refractivity contribution in [2.75, 3.05) is 29.2 Å². The van der Waals surface area contributed by atoms with Crippen molar-refractivity contribution in [2.45, 2.75) is 24.9 Å². The summed E-state index contributed by atoms with van der Waals surface area (Å²) >= 11 is 8.12. The van der Waals surface area contributed by atoms with Crippen LogP contribution in [-0.2, 0) is 6.54 Å². The normalized spacial score (nSPS) is 19.5. The zero-order chi connectivity index (χ0) is 18.0. The lowest BCUT2D eigenvalue weighted by Gasteiger charge is -2.44. The van der Waals surface area contributed by atoms with Crippen LogP contribution in [0.15, 0.2) is 47.5 Å². The van der Waals surface area contributed by atoms with Gasteiger partial charge in [-0.2, -0.15) is 11.8 Å². The highest BCUT2D eigenvalue weighted by atomic mass is 35.5. The Bertz CT molecular complexity index is 834. The molecule has 1 spiro atoms. The number of hydrogen-bond acceptors (Lipinski definition) is 4. The molecule has 0 bridgehead atoms. The van der Waals surface area contributed by atoms with E-state index in [1.54, 1.807) is 7.11 Å². The van der Waals surface area contributed by atoms with Crippen molar-refractivity contribution in [2.24, 2.45) is 4.99 Å². The maximum absolute atomic E-state index is 6.12. The third kappa shape index (κ3) is 3.38. The predicted molar refractivity (Wildman–Crippen MR) is 112 cm³/mol. The van der Waals surface area contributed by atoms with Crippen LogP contribution in [0.4, 0.5) is 11.4 Å². The maximum Gasteiger partial charge on any atom is 0.144 e. The van der Waals surface area contributed by atoms with Crippen molar-refractivity contribution in [1.82, 2.24) is 0 Å². The highest BCUT2D eigenvalue weighted by Crippen LogP contribution is 2.42. The van der Waals surface area contributed by atoms with E-state index in [-0.39, 0.29) is 5.54 Å². The number of para-hydroxylation sites is 1. The Kier molecular flexibility index (Phi) is 5.00. The minimum atomic E-state index is -0.136. The summed E-state index contributed by atoms with van der Waals surface area (Å²) in [5.74, 6) is 4.08. The van der Waals surface area contributed by atoms with Crippen LogP contribution in [0, 0.1) is 0 Å². The summed E-state index contributed by atoms with van der Waals surface area (Å²) in [4.78, 5) is 4.97. The van der Waals surface area contributed by atoms with Crippen LogP contribution in [0.25, 0.3) is 0 Å². The molecule has 1 fully saturated rings. The van der Waals surface area contributed by atoms with Gasteiger partial charge in [-0.15, -0.1) is 0 Å². The number of nitrogens with one attached hydrogen (secondary N) is 2. The average Bonchev–Trinajstić information content (AvgIpc) is 2.66. The molecule has 0 radical (unpaired) electrons. The molecule has 2 aromatic rings. The molecule has 0 saturated carbocycles. The number of nitrogens with zero attached hydrogens (tertiary/aromatic N) is 1. The Morgan fingerprint density at radius 2 is 2.00 bits per heavy atom. The number of hydrogen-bond donors (Lipinski definition) is 2. The number of amidine groups is 1. The van der Waals surface area contributed by atoms with Gasteiger partial charge in [0.25, 0.3) is 0 Å². The molecule has 2 aromatic carbocycles. The third-order valence-corrected chi connectivity index (χ3v) is 6.19. The van der Waals surface area contributed by atoms with Crippen molar-refractivity contribution >= 4 is 40.6 Å². The first-order valence-electron chi connectivity index (χ1n) is 8.79. The molecule has 6 heteroatoms. The molecule has 26 heavy (non-hydrogen) atoms. The Labute approximate surface area is 163 Å². The molecule has 2 aliphatic heterocycles. The minimum Gasteiger partial charge on any atom is -0.494 e. The fourth-order valence-electron chi connectivity index (χ4n) is 3.57. The average molecular weight is 388 g/mol. The second-order valence-electron chi connectivity index (χ2n) is 6.62. The van der Waals surface area contributed by atoms with Gasteiger partial charge in [-0.05, 0) is 54.2 Å². The van der Waals surface area contributed by atoms with Gasteiger partial charge in [0, 0.05) is 5.02 Å². The van der Waals surface area contributed by atoms with Crippen LogP contribution in [0.3, 0.4) is 0 Å². The minimum absolute atomic E-state index is 0.136. The van der Waals surface area contributed by atoms with Gasteiger partial charge in [-0.25, -0.2) is 0 Å². The lowest BCUT2D eigenvalue weighted by atomic mass is 9.87. The number of methoxy groups -OCH3 is 1. The predicted octanol–water partition coefficient (Wildman–Crippen LogP) is 5.05. The van der Waals surface area contributed by atoms with Crippen molar-refractivity contribution < 1.29 is 4.74 Å². The van der Waals surface area contributed by atoms with Gasteiger partial charge < -0.3 is 15.4 Å². The Hall–Kier alpha value is -1.85. The van der Waals surface area contributed by atoms with Crippen LogP contribution in [-0.4, -0.2) is 30.0 Å². The van der Waals surface area contributed by atoms with Crippen molar-refractivity contribution in [3.05, 3.63) is 53.1 Å². The van der Waals surface area contributed by atoms with Crippen LogP contribution in [0.5, 0.6) is 5.75 Å². The summed E-state index contributed by atoms with van der Waals surface area (Å²) in [6, 6.07) is 14.0. The van der Waals surface area contributed by atoms with E-state index in [1.807, 2.05) is 42.1 Å². The van der Waals surface area contributed by atoms with Crippen molar-refractivity contribution in [1.29, 1.82) is 0 Å². The van der Waals surface area contributed by atoms with Crippen molar-refractivity contribution in [3.8, 4) is 5.75 Å². The number of halogens is 1. The van der Waals surface area contributed by atoms with Crippen LogP contribution in [0.1, 0.15) is 18.4 Å². The quantitative estimate of drug-likeness (QED) is 0.773. The number of anilines is 2. The molecule has 0 amide bonds. The number of thioether (sulfide) groups is 1. The molecule has 2 heterocycles.